The molecule has 0 aliphatic heterocycles. The van der Waals surface area contributed by atoms with Gasteiger partial charge in [0.1, 0.15) is 0 Å². The van der Waals surface area contributed by atoms with Gasteiger partial charge >= 0.3 is 12.1 Å². The van der Waals surface area contributed by atoms with Crippen LogP contribution >= 0.6 is 11.3 Å². The molecule has 13 heteroatoms. The lowest BCUT2D eigenvalue weighted by atomic mass is 9.86. The number of anilines is 1. The van der Waals surface area contributed by atoms with Gasteiger partial charge in [-0.15, -0.1) is 11.3 Å². The number of carboxylic acid groups (broad SMARTS) is 1. The van der Waals surface area contributed by atoms with Crippen LogP contribution in [0.2, 0.25) is 0 Å². The second kappa shape index (κ2) is 12.5. The fourth-order valence-electron chi connectivity index (χ4n) is 4.81. The minimum atomic E-state index is -3.97. The van der Waals surface area contributed by atoms with Crippen LogP contribution < -0.4 is 20.7 Å². The fraction of sp³-hybridized carbons (Fsp3) is 0.429. The second-order valence-electron chi connectivity index (χ2n) is 11.2. The number of hydrogen-bond acceptors (Lipinski definition) is 7. The van der Waals surface area contributed by atoms with Crippen molar-refractivity contribution < 1.29 is 23.1 Å². The van der Waals surface area contributed by atoms with Crippen LogP contribution in [0, 0.1) is 0 Å². The van der Waals surface area contributed by atoms with Crippen LogP contribution in [0.1, 0.15) is 76.0 Å². The van der Waals surface area contributed by atoms with E-state index in [1.807, 2.05) is 19.1 Å². The zero-order chi connectivity index (χ0) is 29.8. The number of benzene rings is 1. The molecule has 0 saturated heterocycles. The maximum absolute atomic E-state index is 13.6. The van der Waals surface area contributed by atoms with Gasteiger partial charge in [-0.25, -0.2) is 27.7 Å². The lowest BCUT2D eigenvalue weighted by molar-refractivity contribution is 0.185. The number of urea groups is 1. The Labute approximate surface area is 244 Å². The van der Waals surface area contributed by atoms with E-state index in [0.717, 1.165) is 30.7 Å². The van der Waals surface area contributed by atoms with E-state index in [2.05, 4.69) is 30.6 Å². The van der Waals surface area contributed by atoms with Crippen molar-refractivity contribution in [1.29, 1.82) is 0 Å². The molecular formula is C28H36N6O5S2. The van der Waals surface area contributed by atoms with E-state index < -0.39 is 27.7 Å². The summed E-state index contributed by atoms with van der Waals surface area (Å²) in [4.78, 5) is 33.3. The lowest BCUT2D eigenvalue weighted by Crippen LogP contribution is -2.40. The Morgan fingerprint density at radius 2 is 1.80 bits per heavy atom. The molecule has 3 aromatic rings. The van der Waals surface area contributed by atoms with Gasteiger partial charge in [0.2, 0.25) is 10.0 Å². The van der Waals surface area contributed by atoms with E-state index >= 15 is 0 Å². The van der Waals surface area contributed by atoms with Crippen molar-refractivity contribution in [2.75, 3.05) is 5.32 Å². The quantitative estimate of drug-likeness (QED) is 0.229. The van der Waals surface area contributed by atoms with Crippen LogP contribution in [0.5, 0.6) is 0 Å². The number of carbonyl (C=O) groups excluding carboxylic acids is 1. The topological polar surface area (TPSA) is 162 Å². The summed E-state index contributed by atoms with van der Waals surface area (Å²) in [6.45, 7) is 7.10. The van der Waals surface area contributed by atoms with Gasteiger partial charge in [-0.3, -0.25) is 4.98 Å². The van der Waals surface area contributed by atoms with Gasteiger partial charge in [-0.1, -0.05) is 12.1 Å². The van der Waals surface area contributed by atoms with Crippen molar-refractivity contribution in [2.45, 2.75) is 81.8 Å². The van der Waals surface area contributed by atoms with Gasteiger partial charge < -0.3 is 21.1 Å². The molecule has 41 heavy (non-hydrogen) atoms. The predicted octanol–water partition coefficient (Wildman–Crippen LogP) is 5.46. The molecule has 4 rings (SSSR count). The summed E-state index contributed by atoms with van der Waals surface area (Å²) in [5.41, 5.74) is 0.779. The molecule has 5 N–H and O–H groups in total. The summed E-state index contributed by atoms with van der Waals surface area (Å²) in [5, 5.41) is 18.0. The first-order valence-electron chi connectivity index (χ1n) is 13.4. The molecule has 3 amide bonds. The first-order valence-corrected chi connectivity index (χ1v) is 15.7. The molecule has 0 bridgehead atoms. The van der Waals surface area contributed by atoms with Crippen molar-refractivity contribution in [2.24, 2.45) is 0 Å². The third-order valence-electron chi connectivity index (χ3n) is 6.64. The number of amides is 3. The number of aromatic nitrogens is 2. The zero-order valence-corrected chi connectivity index (χ0v) is 25.1. The number of thiazole rings is 1. The Bertz CT molecular complexity index is 1480. The number of nitrogens with zero attached hydrogens (tertiary/aromatic N) is 2. The number of hydrogen-bond donors (Lipinski definition) is 5. The Morgan fingerprint density at radius 1 is 1.07 bits per heavy atom. The molecule has 1 atom stereocenters. The molecule has 2 heterocycles. The van der Waals surface area contributed by atoms with Crippen molar-refractivity contribution >= 4 is 39.2 Å². The van der Waals surface area contributed by atoms with Crippen molar-refractivity contribution in [3.63, 3.8) is 0 Å². The molecule has 1 aliphatic rings. The molecule has 1 aromatic carbocycles. The first-order chi connectivity index (χ1) is 19.3. The predicted molar refractivity (Wildman–Crippen MR) is 159 cm³/mol. The highest BCUT2D eigenvalue weighted by molar-refractivity contribution is 7.89. The van der Waals surface area contributed by atoms with Crippen molar-refractivity contribution in [3.8, 4) is 10.4 Å². The smallest absolute Gasteiger partial charge is 0.404 e. The Hall–Kier alpha value is -3.55. The zero-order valence-electron chi connectivity index (χ0n) is 23.5. The number of pyridine rings is 1. The number of nitrogens with one attached hydrogen (secondary N) is 4. The number of carbonyl (C=O) groups is 2. The molecule has 1 fully saturated rings. The average Bonchev–Trinajstić information content (AvgIpc) is 3.38. The molecule has 0 spiro atoms. The highest BCUT2D eigenvalue weighted by Gasteiger charge is 2.29. The summed E-state index contributed by atoms with van der Waals surface area (Å²) in [7, 11) is -3.97. The molecule has 0 radical (unpaired) electrons. The van der Waals surface area contributed by atoms with Crippen LogP contribution in [0.15, 0.2) is 53.7 Å². The normalized spacial score (nSPS) is 18.3. The van der Waals surface area contributed by atoms with E-state index in [-0.39, 0.29) is 22.9 Å². The van der Waals surface area contributed by atoms with Gasteiger partial charge in [-0.05, 0) is 77.6 Å². The molecule has 1 aliphatic carbocycles. The van der Waals surface area contributed by atoms with Gasteiger partial charge in [-0.2, -0.15) is 0 Å². The van der Waals surface area contributed by atoms with Gasteiger partial charge in [0.25, 0.3) is 0 Å². The van der Waals surface area contributed by atoms with Crippen LogP contribution in [0.3, 0.4) is 0 Å². The monoisotopic (exact) mass is 600 g/mol. The lowest BCUT2D eigenvalue weighted by Gasteiger charge is -2.27. The summed E-state index contributed by atoms with van der Waals surface area (Å²) in [6, 6.07) is 9.33. The Morgan fingerprint density at radius 3 is 2.44 bits per heavy atom. The average molecular weight is 601 g/mol. The highest BCUT2D eigenvalue weighted by Crippen LogP contribution is 2.40. The van der Waals surface area contributed by atoms with Crippen molar-refractivity contribution in [3.05, 3.63) is 59.5 Å². The van der Waals surface area contributed by atoms with Gasteiger partial charge in [0, 0.05) is 41.1 Å². The highest BCUT2D eigenvalue weighted by atomic mass is 32.2. The molecule has 0 unspecified atom stereocenters. The minimum absolute atomic E-state index is 0.0348. The third kappa shape index (κ3) is 8.24. The largest absolute Gasteiger partial charge is 0.465 e. The van der Waals surface area contributed by atoms with Crippen LogP contribution in [0.25, 0.3) is 10.4 Å². The summed E-state index contributed by atoms with van der Waals surface area (Å²) in [6.07, 6.45) is 5.36. The van der Waals surface area contributed by atoms with Crippen LogP contribution in [0.4, 0.5) is 15.3 Å². The Kier molecular flexibility index (Phi) is 9.30. The molecule has 11 nitrogen and oxygen atoms in total. The molecule has 220 valence electrons. The number of rotatable bonds is 8. The van der Waals surface area contributed by atoms with Crippen LogP contribution in [-0.2, 0) is 10.0 Å². The second-order valence-corrected chi connectivity index (χ2v) is 13.9. The van der Waals surface area contributed by atoms with Crippen molar-refractivity contribution in [1.82, 2.24) is 25.3 Å². The first kappa shape index (κ1) is 30.4. The maximum atomic E-state index is 13.6. The maximum Gasteiger partial charge on any atom is 0.404 e. The van der Waals surface area contributed by atoms with E-state index in [4.69, 9.17) is 5.11 Å². The fourth-order valence-corrected chi connectivity index (χ4v) is 7.67. The summed E-state index contributed by atoms with van der Waals surface area (Å²) in [5.74, 6) is 0.180. The standard InChI is InChI=1S/C28H36N6O5S2/c1-17(22-7-5-6-14-29-22)31-26(35)32-20-12-13-21(24(15-20)41(38,39)34-28(2,3)4)23-16-30-25(40-23)18-8-10-19(11-9-18)33-27(36)37/h5-7,12-19,33-34H,8-11H2,1-4H3,(H,36,37)(H2,31,32,35)/t17-,18?,19?/m1/s1. The molecular weight excluding hydrogens is 564 g/mol. The number of sulfonamides is 1. The third-order valence-corrected chi connectivity index (χ3v) is 9.63. The van der Waals surface area contributed by atoms with Gasteiger partial charge in [0.15, 0.2) is 0 Å². The van der Waals surface area contributed by atoms with E-state index in [9.17, 15) is 18.0 Å². The molecule has 2 aromatic heterocycles. The van der Waals surface area contributed by atoms with E-state index in [1.54, 1.807) is 51.4 Å². The summed E-state index contributed by atoms with van der Waals surface area (Å²) >= 11 is 1.43. The minimum Gasteiger partial charge on any atom is -0.465 e. The molecule has 1 saturated carbocycles. The van der Waals surface area contributed by atoms with Gasteiger partial charge in [0.05, 0.1) is 26.5 Å². The van der Waals surface area contributed by atoms with E-state index in [0.29, 0.717) is 21.8 Å². The van der Waals surface area contributed by atoms with Crippen LogP contribution in [-0.4, -0.2) is 47.2 Å². The Balaban J connectivity index is 1.57. The van der Waals surface area contributed by atoms with E-state index in [1.165, 1.54) is 17.4 Å². The SMILES string of the molecule is C[C@@H](NC(=O)Nc1ccc(-c2cnc(C3CCC(NC(=O)O)CC3)s2)c(S(=O)(=O)NC(C)(C)C)c1)c1ccccn1. The summed E-state index contributed by atoms with van der Waals surface area (Å²) < 4.78 is 29.8.